The van der Waals surface area contributed by atoms with Crippen molar-refractivity contribution in [2.75, 3.05) is 0 Å². The van der Waals surface area contributed by atoms with E-state index >= 15 is 0 Å². The summed E-state index contributed by atoms with van der Waals surface area (Å²) >= 11 is 0. The Morgan fingerprint density at radius 1 is 1.19 bits per heavy atom. The summed E-state index contributed by atoms with van der Waals surface area (Å²) in [6.45, 7) is 4.07. The number of aryl methyl sites for hydroxylation is 1. The van der Waals surface area contributed by atoms with Crippen LogP contribution < -0.4 is 4.74 Å². The first-order valence-corrected chi connectivity index (χ1v) is 5.22. The molecular formula is C12H15F3O. The van der Waals surface area contributed by atoms with Gasteiger partial charge in [-0.15, -0.1) is 13.2 Å². The maximum Gasteiger partial charge on any atom is 0.573 e. The van der Waals surface area contributed by atoms with E-state index < -0.39 is 6.36 Å². The van der Waals surface area contributed by atoms with E-state index in [9.17, 15) is 13.2 Å². The summed E-state index contributed by atoms with van der Waals surface area (Å²) in [7, 11) is 0. The first kappa shape index (κ1) is 12.9. The fourth-order valence-electron chi connectivity index (χ4n) is 1.38. The Labute approximate surface area is 93.2 Å². The summed E-state index contributed by atoms with van der Waals surface area (Å²) in [5.41, 5.74) is 0.605. The fraction of sp³-hybridized carbons (Fsp3) is 0.500. The average Bonchev–Trinajstić information content (AvgIpc) is 2.14. The largest absolute Gasteiger partial charge is 0.573 e. The minimum Gasteiger partial charge on any atom is -0.406 e. The fourth-order valence-corrected chi connectivity index (χ4v) is 1.38. The molecule has 0 unspecified atom stereocenters. The molecule has 0 N–H and O–H groups in total. The Morgan fingerprint density at radius 2 is 1.81 bits per heavy atom. The van der Waals surface area contributed by atoms with Crippen molar-refractivity contribution in [1.29, 1.82) is 0 Å². The first-order chi connectivity index (χ1) is 7.38. The lowest BCUT2D eigenvalue weighted by molar-refractivity contribution is -0.274. The standard InChI is InChI=1S/C12H15F3O/c1-9(2)7-8-10-5-3-4-6-11(10)16-12(13,14)15/h3-6,9H,7-8H2,1-2H3. The highest BCUT2D eigenvalue weighted by Gasteiger charge is 2.31. The highest BCUT2D eigenvalue weighted by atomic mass is 19.4. The summed E-state index contributed by atoms with van der Waals surface area (Å²) in [6, 6.07) is 6.28. The Hall–Kier alpha value is -1.19. The van der Waals surface area contributed by atoms with Crippen LogP contribution in [-0.4, -0.2) is 6.36 Å². The monoisotopic (exact) mass is 232 g/mol. The lowest BCUT2D eigenvalue weighted by Gasteiger charge is -2.13. The molecule has 0 aliphatic carbocycles. The molecule has 0 heterocycles. The van der Waals surface area contributed by atoms with E-state index in [0.29, 0.717) is 17.9 Å². The summed E-state index contributed by atoms with van der Waals surface area (Å²) in [6.07, 6.45) is -3.17. The third kappa shape index (κ3) is 4.55. The minimum absolute atomic E-state index is 0.0874. The quantitative estimate of drug-likeness (QED) is 0.756. The van der Waals surface area contributed by atoms with E-state index in [-0.39, 0.29) is 5.75 Å². The molecule has 0 spiro atoms. The molecular weight excluding hydrogens is 217 g/mol. The van der Waals surface area contributed by atoms with Gasteiger partial charge in [-0.3, -0.25) is 0 Å². The summed E-state index contributed by atoms with van der Waals surface area (Å²) in [5, 5.41) is 0. The number of rotatable bonds is 4. The van der Waals surface area contributed by atoms with E-state index in [1.54, 1.807) is 18.2 Å². The van der Waals surface area contributed by atoms with Crippen molar-refractivity contribution in [3.63, 3.8) is 0 Å². The Bertz CT molecular complexity index is 331. The number of hydrogen-bond acceptors (Lipinski definition) is 1. The molecule has 0 aliphatic rings. The van der Waals surface area contributed by atoms with Crippen LogP contribution in [0, 0.1) is 5.92 Å². The molecule has 0 aromatic heterocycles. The van der Waals surface area contributed by atoms with Gasteiger partial charge in [0.1, 0.15) is 5.75 Å². The summed E-state index contributed by atoms with van der Waals surface area (Å²) in [5.74, 6) is 0.370. The van der Waals surface area contributed by atoms with Crippen molar-refractivity contribution in [3.8, 4) is 5.75 Å². The van der Waals surface area contributed by atoms with Gasteiger partial charge in [-0.2, -0.15) is 0 Å². The second kappa shape index (κ2) is 5.23. The highest BCUT2D eigenvalue weighted by Crippen LogP contribution is 2.27. The molecule has 0 saturated carbocycles. The molecule has 0 aliphatic heterocycles. The van der Waals surface area contributed by atoms with Crippen LogP contribution in [0.15, 0.2) is 24.3 Å². The number of para-hydroxylation sites is 1. The van der Waals surface area contributed by atoms with Crippen LogP contribution in [0.2, 0.25) is 0 Å². The van der Waals surface area contributed by atoms with Gasteiger partial charge in [-0.1, -0.05) is 32.0 Å². The number of halogens is 3. The predicted octanol–water partition coefficient (Wildman–Crippen LogP) is 4.17. The molecule has 16 heavy (non-hydrogen) atoms. The zero-order chi connectivity index (χ0) is 12.2. The van der Waals surface area contributed by atoms with Crippen LogP contribution in [-0.2, 0) is 6.42 Å². The lowest BCUT2D eigenvalue weighted by atomic mass is 10.0. The Kier molecular flexibility index (Phi) is 4.21. The molecule has 1 nitrogen and oxygen atoms in total. The van der Waals surface area contributed by atoms with Crippen molar-refractivity contribution in [2.45, 2.75) is 33.1 Å². The Morgan fingerprint density at radius 3 is 2.38 bits per heavy atom. The van der Waals surface area contributed by atoms with Crippen molar-refractivity contribution < 1.29 is 17.9 Å². The molecule has 0 atom stereocenters. The highest BCUT2D eigenvalue weighted by molar-refractivity contribution is 5.33. The molecule has 90 valence electrons. The van der Waals surface area contributed by atoms with Crippen molar-refractivity contribution in [1.82, 2.24) is 0 Å². The van der Waals surface area contributed by atoms with Crippen molar-refractivity contribution in [2.24, 2.45) is 5.92 Å². The Balaban J connectivity index is 2.75. The van der Waals surface area contributed by atoms with E-state index in [1.165, 1.54) is 6.07 Å². The van der Waals surface area contributed by atoms with Crippen molar-refractivity contribution in [3.05, 3.63) is 29.8 Å². The molecule has 0 saturated heterocycles. The van der Waals surface area contributed by atoms with Gasteiger partial charge in [0, 0.05) is 0 Å². The van der Waals surface area contributed by atoms with E-state index in [4.69, 9.17) is 0 Å². The zero-order valence-electron chi connectivity index (χ0n) is 9.34. The maximum absolute atomic E-state index is 12.1. The number of benzene rings is 1. The second-order valence-corrected chi connectivity index (χ2v) is 4.09. The molecule has 1 aromatic rings. The molecule has 0 fully saturated rings. The number of ether oxygens (including phenoxy) is 1. The summed E-state index contributed by atoms with van der Waals surface area (Å²) in [4.78, 5) is 0. The molecule has 4 heteroatoms. The van der Waals surface area contributed by atoms with Gasteiger partial charge in [0.2, 0.25) is 0 Å². The van der Waals surface area contributed by atoms with Crippen LogP contribution in [0.25, 0.3) is 0 Å². The van der Waals surface area contributed by atoms with Gasteiger partial charge in [0.05, 0.1) is 0 Å². The summed E-state index contributed by atoms with van der Waals surface area (Å²) < 4.78 is 40.3. The third-order valence-corrected chi connectivity index (χ3v) is 2.19. The minimum atomic E-state index is -4.62. The van der Waals surface area contributed by atoms with Crippen LogP contribution in [0.4, 0.5) is 13.2 Å². The topological polar surface area (TPSA) is 9.23 Å². The molecule has 1 rings (SSSR count). The second-order valence-electron chi connectivity index (χ2n) is 4.09. The van der Waals surface area contributed by atoms with Crippen molar-refractivity contribution >= 4 is 0 Å². The van der Waals surface area contributed by atoms with Crippen LogP contribution >= 0.6 is 0 Å². The molecule has 0 bridgehead atoms. The van der Waals surface area contributed by atoms with E-state index in [2.05, 4.69) is 4.74 Å². The van der Waals surface area contributed by atoms with Gasteiger partial charge in [-0.25, -0.2) is 0 Å². The van der Waals surface area contributed by atoms with Crippen LogP contribution in [0.5, 0.6) is 5.75 Å². The average molecular weight is 232 g/mol. The first-order valence-electron chi connectivity index (χ1n) is 5.22. The smallest absolute Gasteiger partial charge is 0.406 e. The van der Waals surface area contributed by atoms with Gasteiger partial charge in [0.15, 0.2) is 0 Å². The van der Waals surface area contributed by atoms with Gasteiger partial charge < -0.3 is 4.74 Å². The van der Waals surface area contributed by atoms with Gasteiger partial charge in [0.25, 0.3) is 0 Å². The SMILES string of the molecule is CC(C)CCc1ccccc1OC(F)(F)F. The van der Waals surface area contributed by atoms with Crippen LogP contribution in [0.3, 0.4) is 0 Å². The third-order valence-electron chi connectivity index (χ3n) is 2.19. The van der Waals surface area contributed by atoms with E-state index in [1.807, 2.05) is 13.8 Å². The van der Waals surface area contributed by atoms with Gasteiger partial charge >= 0.3 is 6.36 Å². The molecule has 1 aromatic carbocycles. The zero-order valence-corrected chi connectivity index (χ0v) is 9.34. The normalized spacial score (nSPS) is 11.9. The predicted molar refractivity (Wildman–Crippen MR) is 56.3 cm³/mol. The van der Waals surface area contributed by atoms with Crippen LogP contribution in [0.1, 0.15) is 25.8 Å². The van der Waals surface area contributed by atoms with Gasteiger partial charge in [-0.05, 0) is 30.4 Å². The lowest BCUT2D eigenvalue weighted by Crippen LogP contribution is -2.18. The maximum atomic E-state index is 12.1. The number of alkyl halides is 3. The molecule has 0 amide bonds. The number of hydrogen-bond donors (Lipinski definition) is 0. The molecule has 0 radical (unpaired) electrons. The van der Waals surface area contributed by atoms with E-state index in [0.717, 1.165) is 6.42 Å².